The number of likely N-dealkylation sites (tertiary alicyclic amines) is 1. The Kier molecular flexibility index (Phi) is 4.13. The zero-order chi connectivity index (χ0) is 15.8. The van der Waals surface area contributed by atoms with Gasteiger partial charge in [-0.3, -0.25) is 4.99 Å². The van der Waals surface area contributed by atoms with Crippen molar-refractivity contribution in [3.63, 3.8) is 0 Å². The standard InChI is InChI=1S/C20H23ClN2/c1-23-11-8-14(9-12-23)19-18-7-6-17(21)13-16(18)5-4-15-3-2-10-22-20(15)19/h6-7,10,13H,2-5,8-9,11-12H2,1H3. The lowest BCUT2D eigenvalue weighted by molar-refractivity contribution is 0.313. The molecule has 0 radical (unpaired) electrons. The molecule has 2 heterocycles. The number of rotatable bonds is 0. The molecule has 0 spiro atoms. The maximum absolute atomic E-state index is 6.27. The van der Waals surface area contributed by atoms with Crippen LogP contribution in [0, 0.1) is 0 Å². The largest absolute Gasteiger partial charge is 0.306 e. The van der Waals surface area contributed by atoms with E-state index in [0.29, 0.717) is 0 Å². The lowest BCUT2D eigenvalue weighted by atomic mass is 9.88. The number of piperidine rings is 1. The van der Waals surface area contributed by atoms with E-state index in [-0.39, 0.29) is 0 Å². The van der Waals surface area contributed by atoms with E-state index in [9.17, 15) is 0 Å². The molecule has 3 aliphatic rings. The molecule has 1 aromatic carbocycles. The van der Waals surface area contributed by atoms with Gasteiger partial charge in [-0.25, -0.2) is 0 Å². The molecule has 0 unspecified atom stereocenters. The van der Waals surface area contributed by atoms with E-state index >= 15 is 0 Å². The molecule has 2 aliphatic heterocycles. The SMILES string of the molecule is CN1CCC(=C2C3=C(CCC=N3)CCc3cc(Cl)ccc32)CC1. The van der Waals surface area contributed by atoms with E-state index in [1.807, 2.05) is 6.07 Å². The summed E-state index contributed by atoms with van der Waals surface area (Å²) in [5.41, 5.74) is 8.59. The molecule has 1 aromatic rings. The number of aliphatic imine (C=N–C) groups is 1. The van der Waals surface area contributed by atoms with Crippen LogP contribution in [0.2, 0.25) is 5.02 Å². The second-order valence-corrected chi connectivity index (χ2v) is 7.32. The van der Waals surface area contributed by atoms with Crippen LogP contribution in [0.15, 0.2) is 40.0 Å². The third-order valence-electron chi connectivity index (χ3n) is 5.34. The number of allylic oxidation sites excluding steroid dienone is 2. The number of nitrogens with zero attached hydrogens (tertiary/aromatic N) is 2. The first-order valence-electron chi connectivity index (χ1n) is 8.66. The molecular weight excluding hydrogens is 304 g/mol. The highest BCUT2D eigenvalue weighted by Crippen LogP contribution is 2.42. The van der Waals surface area contributed by atoms with Gasteiger partial charge in [0.2, 0.25) is 0 Å². The van der Waals surface area contributed by atoms with Gasteiger partial charge in [-0.15, -0.1) is 0 Å². The zero-order valence-corrected chi connectivity index (χ0v) is 14.5. The number of benzene rings is 1. The van der Waals surface area contributed by atoms with Crippen LogP contribution in [-0.4, -0.2) is 31.3 Å². The summed E-state index contributed by atoms with van der Waals surface area (Å²) in [6.45, 7) is 2.29. The van der Waals surface area contributed by atoms with Crippen LogP contribution in [0.25, 0.3) is 5.57 Å². The van der Waals surface area contributed by atoms with Gasteiger partial charge >= 0.3 is 0 Å². The fourth-order valence-electron chi connectivity index (χ4n) is 4.01. The van der Waals surface area contributed by atoms with Gasteiger partial charge in [0.25, 0.3) is 0 Å². The Labute approximate surface area is 143 Å². The highest BCUT2D eigenvalue weighted by molar-refractivity contribution is 6.30. The fraction of sp³-hybridized carbons (Fsp3) is 0.450. The fourth-order valence-corrected chi connectivity index (χ4v) is 4.21. The van der Waals surface area contributed by atoms with Gasteiger partial charge in [0.05, 0.1) is 5.70 Å². The molecule has 0 atom stereocenters. The van der Waals surface area contributed by atoms with E-state index in [1.54, 1.807) is 11.1 Å². The Balaban J connectivity index is 1.90. The Hall–Kier alpha value is -1.38. The average Bonchev–Trinajstić information content (AvgIpc) is 2.72. The highest BCUT2D eigenvalue weighted by Gasteiger charge is 2.26. The van der Waals surface area contributed by atoms with Crippen molar-refractivity contribution >= 4 is 23.4 Å². The molecule has 0 bridgehead atoms. The molecule has 4 rings (SSSR count). The molecule has 3 heteroatoms. The summed E-state index contributed by atoms with van der Waals surface area (Å²) in [5, 5.41) is 0.847. The summed E-state index contributed by atoms with van der Waals surface area (Å²) in [6, 6.07) is 6.42. The lowest BCUT2D eigenvalue weighted by Crippen LogP contribution is -2.27. The maximum Gasteiger partial charge on any atom is 0.0695 e. The minimum Gasteiger partial charge on any atom is -0.306 e. The Morgan fingerprint density at radius 3 is 2.65 bits per heavy atom. The number of hydrogen-bond acceptors (Lipinski definition) is 2. The normalized spacial score (nSPS) is 22.0. The third kappa shape index (κ3) is 2.90. The minimum atomic E-state index is 0.847. The van der Waals surface area contributed by atoms with Crippen molar-refractivity contribution in [1.29, 1.82) is 0 Å². The van der Waals surface area contributed by atoms with Crippen LogP contribution in [0.1, 0.15) is 43.2 Å². The molecule has 0 N–H and O–H groups in total. The van der Waals surface area contributed by atoms with E-state index in [1.165, 1.54) is 22.4 Å². The second-order valence-electron chi connectivity index (χ2n) is 6.89. The number of fused-ring (bicyclic) bond motifs is 1. The Morgan fingerprint density at radius 1 is 1.00 bits per heavy atom. The summed E-state index contributed by atoms with van der Waals surface area (Å²) in [4.78, 5) is 7.28. The van der Waals surface area contributed by atoms with Crippen molar-refractivity contribution in [2.24, 2.45) is 4.99 Å². The van der Waals surface area contributed by atoms with Crippen LogP contribution >= 0.6 is 11.6 Å². The molecule has 23 heavy (non-hydrogen) atoms. The van der Waals surface area contributed by atoms with Gasteiger partial charge in [0, 0.05) is 29.9 Å². The zero-order valence-electron chi connectivity index (χ0n) is 13.7. The smallest absolute Gasteiger partial charge is 0.0695 e. The van der Waals surface area contributed by atoms with E-state index in [0.717, 1.165) is 56.6 Å². The first-order chi connectivity index (χ1) is 11.2. The van der Waals surface area contributed by atoms with Crippen molar-refractivity contribution in [2.45, 2.75) is 38.5 Å². The van der Waals surface area contributed by atoms with Crippen LogP contribution in [-0.2, 0) is 6.42 Å². The minimum absolute atomic E-state index is 0.847. The van der Waals surface area contributed by atoms with Crippen LogP contribution in [0.3, 0.4) is 0 Å². The van der Waals surface area contributed by atoms with Gasteiger partial charge in [0.1, 0.15) is 0 Å². The van der Waals surface area contributed by atoms with Gasteiger partial charge in [-0.05, 0) is 74.4 Å². The summed E-state index contributed by atoms with van der Waals surface area (Å²) in [5.74, 6) is 0. The van der Waals surface area contributed by atoms with E-state index in [2.05, 4.69) is 30.3 Å². The predicted octanol–water partition coefficient (Wildman–Crippen LogP) is 4.88. The molecule has 0 amide bonds. The van der Waals surface area contributed by atoms with Gasteiger partial charge in [-0.1, -0.05) is 23.2 Å². The Morgan fingerprint density at radius 2 is 1.83 bits per heavy atom. The third-order valence-corrected chi connectivity index (χ3v) is 5.58. The molecule has 0 aromatic heterocycles. The number of hydrogen-bond donors (Lipinski definition) is 0. The summed E-state index contributed by atoms with van der Waals surface area (Å²) in [6.07, 6.45) is 8.87. The van der Waals surface area contributed by atoms with Crippen molar-refractivity contribution in [3.05, 3.63) is 51.2 Å². The summed E-state index contributed by atoms with van der Waals surface area (Å²) >= 11 is 6.27. The quantitative estimate of drug-likeness (QED) is 0.663. The maximum atomic E-state index is 6.27. The molecule has 0 saturated carbocycles. The van der Waals surface area contributed by atoms with Crippen LogP contribution < -0.4 is 0 Å². The second kappa shape index (κ2) is 6.26. The van der Waals surface area contributed by atoms with Gasteiger partial charge < -0.3 is 4.90 Å². The van der Waals surface area contributed by atoms with Crippen molar-refractivity contribution in [2.75, 3.05) is 20.1 Å². The molecule has 1 saturated heterocycles. The van der Waals surface area contributed by atoms with Crippen LogP contribution in [0.5, 0.6) is 0 Å². The number of aryl methyl sites for hydroxylation is 1. The van der Waals surface area contributed by atoms with Crippen LogP contribution in [0.4, 0.5) is 0 Å². The highest BCUT2D eigenvalue weighted by atomic mass is 35.5. The predicted molar refractivity (Wildman–Crippen MR) is 98.2 cm³/mol. The van der Waals surface area contributed by atoms with Gasteiger partial charge in [0.15, 0.2) is 0 Å². The monoisotopic (exact) mass is 326 g/mol. The first-order valence-corrected chi connectivity index (χ1v) is 9.04. The molecule has 1 fully saturated rings. The summed E-state index contributed by atoms with van der Waals surface area (Å²) < 4.78 is 0. The first kappa shape index (κ1) is 15.2. The average molecular weight is 327 g/mol. The van der Waals surface area contributed by atoms with E-state index in [4.69, 9.17) is 16.6 Å². The topological polar surface area (TPSA) is 15.6 Å². The summed E-state index contributed by atoms with van der Waals surface area (Å²) in [7, 11) is 2.21. The van der Waals surface area contributed by atoms with E-state index < -0.39 is 0 Å². The van der Waals surface area contributed by atoms with Crippen molar-refractivity contribution in [3.8, 4) is 0 Å². The molecule has 1 aliphatic carbocycles. The molecular formula is C20H23ClN2. The molecule has 120 valence electrons. The Bertz CT molecular complexity index is 717. The number of halogens is 1. The van der Waals surface area contributed by atoms with Crippen molar-refractivity contribution < 1.29 is 0 Å². The molecule has 2 nitrogen and oxygen atoms in total. The lowest BCUT2D eigenvalue weighted by Gasteiger charge is -2.28. The van der Waals surface area contributed by atoms with Gasteiger partial charge in [-0.2, -0.15) is 0 Å². The van der Waals surface area contributed by atoms with Crippen molar-refractivity contribution in [1.82, 2.24) is 4.90 Å².